The van der Waals surface area contributed by atoms with Gasteiger partial charge in [-0.3, -0.25) is 9.59 Å². The number of carboxylic acid groups (broad SMARTS) is 1. The van der Waals surface area contributed by atoms with E-state index in [4.69, 9.17) is 0 Å². The van der Waals surface area contributed by atoms with Crippen LogP contribution in [0.3, 0.4) is 0 Å². The van der Waals surface area contributed by atoms with Gasteiger partial charge in [0.2, 0.25) is 5.91 Å². The summed E-state index contributed by atoms with van der Waals surface area (Å²) in [6, 6.07) is 15.3. The highest BCUT2D eigenvalue weighted by atomic mass is 16.4. The van der Waals surface area contributed by atoms with Crippen LogP contribution < -0.4 is 5.32 Å². The van der Waals surface area contributed by atoms with Crippen molar-refractivity contribution in [1.82, 2.24) is 9.78 Å². The van der Waals surface area contributed by atoms with E-state index < -0.39 is 11.4 Å². The molecule has 6 nitrogen and oxygen atoms in total. The van der Waals surface area contributed by atoms with Gasteiger partial charge in [-0.15, -0.1) is 0 Å². The second-order valence-electron chi connectivity index (χ2n) is 6.83. The van der Waals surface area contributed by atoms with Gasteiger partial charge in [0, 0.05) is 17.5 Å². The number of carbonyl (C=O) groups is 2. The smallest absolute Gasteiger partial charge is 0.310 e. The number of hydrogen-bond donors (Lipinski definition) is 2. The normalized spacial score (nSPS) is 15.4. The molecule has 1 heterocycles. The number of carboxylic acids is 1. The van der Waals surface area contributed by atoms with Crippen LogP contribution in [0.2, 0.25) is 0 Å². The van der Waals surface area contributed by atoms with E-state index in [0.717, 1.165) is 23.0 Å². The quantitative estimate of drug-likeness (QED) is 0.737. The van der Waals surface area contributed by atoms with Crippen molar-refractivity contribution in [2.75, 3.05) is 5.32 Å². The lowest BCUT2D eigenvalue weighted by atomic mass is 9.66. The van der Waals surface area contributed by atoms with Gasteiger partial charge in [0.1, 0.15) is 0 Å². The molecule has 1 saturated carbocycles. The number of rotatable bonds is 5. The molecule has 2 aromatic carbocycles. The molecule has 0 atom stereocenters. The zero-order chi connectivity index (χ0) is 18.1. The molecule has 0 bridgehead atoms. The van der Waals surface area contributed by atoms with E-state index in [1.807, 2.05) is 47.3 Å². The highest BCUT2D eigenvalue weighted by molar-refractivity contribution is 5.94. The molecule has 1 fully saturated rings. The van der Waals surface area contributed by atoms with Gasteiger partial charge in [0.25, 0.3) is 0 Å². The highest BCUT2D eigenvalue weighted by Gasteiger charge is 2.45. The topological polar surface area (TPSA) is 84.2 Å². The van der Waals surface area contributed by atoms with Crippen LogP contribution in [0.4, 0.5) is 5.69 Å². The average Bonchev–Trinajstić information content (AvgIpc) is 3.02. The molecule has 0 spiro atoms. The summed E-state index contributed by atoms with van der Waals surface area (Å²) in [5, 5.41) is 17.6. The Morgan fingerprint density at radius 1 is 1.12 bits per heavy atom. The predicted octanol–water partition coefficient (Wildman–Crippen LogP) is 3.61. The van der Waals surface area contributed by atoms with Gasteiger partial charge in [0.15, 0.2) is 0 Å². The SMILES string of the molecule is O=C(CC1(C(=O)O)CCC1)Nc1ccc(-n2ncc3ccccc32)cc1. The van der Waals surface area contributed by atoms with Crippen LogP contribution in [0.25, 0.3) is 16.6 Å². The van der Waals surface area contributed by atoms with Gasteiger partial charge in [-0.1, -0.05) is 24.6 Å². The summed E-state index contributed by atoms with van der Waals surface area (Å²) >= 11 is 0. The Hall–Kier alpha value is -3.15. The van der Waals surface area contributed by atoms with E-state index in [0.29, 0.717) is 18.5 Å². The number of nitrogens with zero attached hydrogens (tertiary/aromatic N) is 2. The molecule has 1 amide bonds. The number of carbonyl (C=O) groups excluding carboxylic acids is 1. The monoisotopic (exact) mass is 349 g/mol. The Labute approximate surface area is 150 Å². The fourth-order valence-electron chi connectivity index (χ4n) is 3.45. The number of anilines is 1. The number of hydrogen-bond acceptors (Lipinski definition) is 3. The molecule has 1 aliphatic rings. The number of aromatic nitrogens is 2. The van der Waals surface area contributed by atoms with E-state index in [1.165, 1.54) is 0 Å². The van der Waals surface area contributed by atoms with Gasteiger partial charge in [0.05, 0.1) is 22.8 Å². The van der Waals surface area contributed by atoms with Gasteiger partial charge >= 0.3 is 5.97 Å². The Kier molecular flexibility index (Phi) is 3.95. The molecule has 6 heteroatoms. The zero-order valence-corrected chi connectivity index (χ0v) is 14.2. The lowest BCUT2D eigenvalue weighted by Crippen LogP contribution is -2.41. The summed E-state index contributed by atoms with van der Waals surface area (Å²) in [5.74, 6) is -1.14. The molecule has 0 unspecified atom stereocenters. The fourth-order valence-corrected chi connectivity index (χ4v) is 3.45. The number of amides is 1. The minimum absolute atomic E-state index is 0.0217. The third kappa shape index (κ3) is 2.83. The van der Waals surface area contributed by atoms with Crippen LogP contribution in [0.5, 0.6) is 0 Å². The molecule has 26 heavy (non-hydrogen) atoms. The van der Waals surface area contributed by atoms with Crippen LogP contribution in [0, 0.1) is 5.41 Å². The number of aliphatic carboxylic acids is 1. The largest absolute Gasteiger partial charge is 0.481 e. The molecular formula is C20H19N3O3. The third-order valence-corrected chi connectivity index (χ3v) is 5.14. The second kappa shape index (κ2) is 6.29. The summed E-state index contributed by atoms with van der Waals surface area (Å²) in [4.78, 5) is 23.6. The van der Waals surface area contributed by atoms with E-state index in [9.17, 15) is 14.7 Å². The van der Waals surface area contributed by atoms with Crippen LogP contribution in [-0.2, 0) is 9.59 Å². The fraction of sp³-hybridized carbons (Fsp3) is 0.250. The molecule has 132 valence electrons. The lowest BCUT2D eigenvalue weighted by molar-refractivity contribution is -0.157. The molecular weight excluding hydrogens is 330 g/mol. The first kappa shape index (κ1) is 16.3. The standard InChI is InChI=1S/C20H19N3O3/c24-18(12-20(19(25)26)10-3-11-20)22-15-6-8-16(9-7-15)23-17-5-2-1-4-14(17)13-21-23/h1-2,4-9,13H,3,10-12H2,(H,22,24)(H,25,26). The van der Waals surface area contributed by atoms with Crippen LogP contribution in [-0.4, -0.2) is 26.8 Å². The summed E-state index contributed by atoms with van der Waals surface area (Å²) in [5.41, 5.74) is 1.68. The number of para-hydroxylation sites is 1. The van der Waals surface area contributed by atoms with Crippen molar-refractivity contribution in [3.63, 3.8) is 0 Å². The molecule has 0 radical (unpaired) electrons. The van der Waals surface area contributed by atoms with Crippen molar-refractivity contribution in [3.8, 4) is 5.69 Å². The van der Waals surface area contributed by atoms with Crippen molar-refractivity contribution < 1.29 is 14.7 Å². The van der Waals surface area contributed by atoms with Crippen molar-refractivity contribution in [1.29, 1.82) is 0 Å². The van der Waals surface area contributed by atoms with E-state index in [-0.39, 0.29) is 12.3 Å². The predicted molar refractivity (Wildman–Crippen MR) is 98.2 cm³/mol. The maximum atomic E-state index is 12.2. The molecule has 4 rings (SSSR count). The third-order valence-electron chi connectivity index (χ3n) is 5.14. The summed E-state index contributed by atoms with van der Waals surface area (Å²) in [6.07, 6.45) is 3.84. The zero-order valence-electron chi connectivity index (χ0n) is 14.2. The molecule has 1 aliphatic carbocycles. The van der Waals surface area contributed by atoms with Crippen molar-refractivity contribution >= 4 is 28.5 Å². The van der Waals surface area contributed by atoms with Gasteiger partial charge in [-0.25, -0.2) is 4.68 Å². The Morgan fingerprint density at radius 3 is 2.50 bits per heavy atom. The number of benzene rings is 2. The molecule has 0 aliphatic heterocycles. The molecule has 0 saturated heterocycles. The summed E-state index contributed by atoms with van der Waals surface area (Å²) in [6.45, 7) is 0. The minimum Gasteiger partial charge on any atom is -0.481 e. The Balaban J connectivity index is 1.48. The lowest BCUT2D eigenvalue weighted by Gasteiger charge is -2.36. The first-order valence-corrected chi connectivity index (χ1v) is 8.64. The van der Waals surface area contributed by atoms with Gasteiger partial charge in [-0.05, 0) is 43.2 Å². The van der Waals surface area contributed by atoms with Crippen LogP contribution in [0.15, 0.2) is 54.7 Å². The van der Waals surface area contributed by atoms with E-state index >= 15 is 0 Å². The molecule has 3 aromatic rings. The van der Waals surface area contributed by atoms with E-state index in [2.05, 4.69) is 10.4 Å². The summed E-state index contributed by atoms with van der Waals surface area (Å²) < 4.78 is 1.84. The summed E-state index contributed by atoms with van der Waals surface area (Å²) in [7, 11) is 0. The first-order chi connectivity index (χ1) is 12.6. The van der Waals surface area contributed by atoms with Crippen molar-refractivity contribution in [2.45, 2.75) is 25.7 Å². The number of fused-ring (bicyclic) bond motifs is 1. The number of nitrogens with one attached hydrogen (secondary N) is 1. The van der Waals surface area contributed by atoms with Crippen molar-refractivity contribution in [2.24, 2.45) is 5.41 Å². The molecule has 1 aromatic heterocycles. The minimum atomic E-state index is -0.877. The van der Waals surface area contributed by atoms with Crippen LogP contribution in [0.1, 0.15) is 25.7 Å². The average molecular weight is 349 g/mol. The van der Waals surface area contributed by atoms with Crippen molar-refractivity contribution in [3.05, 3.63) is 54.7 Å². The van der Waals surface area contributed by atoms with Gasteiger partial charge < -0.3 is 10.4 Å². The van der Waals surface area contributed by atoms with Crippen LogP contribution >= 0.6 is 0 Å². The first-order valence-electron chi connectivity index (χ1n) is 8.64. The maximum absolute atomic E-state index is 12.2. The molecule has 2 N–H and O–H groups in total. The maximum Gasteiger partial charge on any atom is 0.310 e. The highest BCUT2D eigenvalue weighted by Crippen LogP contribution is 2.44. The van der Waals surface area contributed by atoms with E-state index in [1.54, 1.807) is 12.1 Å². The van der Waals surface area contributed by atoms with Gasteiger partial charge in [-0.2, -0.15) is 5.10 Å². The Morgan fingerprint density at radius 2 is 1.85 bits per heavy atom. The Bertz CT molecular complexity index is 971. The second-order valence-corrected chi connectivity index (χ2v) is 6.83.